The highest BCUT2D eigenvalue weighted by Crippen LogP contribution is 2.30. The molecular weight excluding hydrogens is 596 g/mol. The largest absolute Gasteiger partial charge is 0.490 e. The number of nitrogens with zero attached hydrogens (tertiary/aromatic N) is 1. The van der Waals surface area contributed by atoms with Crippen LogP contribution in [-0.2, 0) is 0 Å². The van der Waals surface area contributed by atoms with Crippen molar-refractivity contribution in [1.29, 1.82) is 0 Å². The molecule has 238 valence electrons. The Morgan fingerprint density at radius 1 is 0.787 bits per heavy atom. The SMILES string of the molecule is Cc1ccc(NC(=O)NC2CCC(Oc3ccc4cc(Oc5ccc(C(=O)Nc6ccccc6C(=O)O)cn5)ccc4c3)CC2)cc1. The Morgan fingerprint density at radius 3 is 2.19 bits per heavy atom. The maximum absolute atomic E-state index is 12.7. The van der Waals surface area contributed by atoms with Crippen molar-refractivity contribution in [2.75, 3.05) is 10.6 Å². The number of aromatic nitrogens is 1. The number of urea groups is 1. The van der Waals surface area contributed by atoms with Gasteiger partial charge in [-0.15, -0.1) is 0 Å². The molecule has 0 unspecified atom stereocenters. The average Bonchev–Trinajstić information content (AvgIpc) is 3.07. The average molecular weight is 631 g/mol. The van der Waals surface area contributed by atoms with E-state index in [0.29, 0.717) is 11.6 Å². The summed E-state index contributed by atoms with van der Waals surface area (Å²) in [5.74, 6) is 0.0808. The summed E-state index contributed by atoms with van der Waals surface area (Å²) in [4.78, 5) is 40.7. The van der Waals surface area contributed by atoms with Crippen LogP contribution in [0.4, 0.5) is 16.2 Å². The van der Waals surface area contributed by atoms with Crippen LogP contribution >= 0.6 is 0 Å². The van der Waals surface area contributed by atoms with E-state index < -0.39 is 11.9 Å². The van der Waals surface area contributed by atoms with E-state index in [9.17, 15) is 19.5 Å². The molecule has 0 aliphatic heterocycles. The number of ether oxygens (including phenoxy) is 2. The third-order valence-corrected chi connectivity index (χ3v) is 8.03. The molecule has 1 saturated carbocycles. The number of anilines is 2. The van der Waals surface area contributed by atoms with Crippen molar-refractivity contribution >= 4 is 40.1 Å². The molecule has 3 amide bonds. The van der Waals surface area contributed by atoms with Crippen LogP contribution in [0.15, 0.2) is 103 Å². The Hall–Kier alpha value is -5.90. The Labute approximate surface area is 271 Å². The van der Waals surface area contributed by atoms with E-state index in [4.69, 9.17) is 9.47 Å². The number of amides is 3. The van der Waals surface area contributed by atoms with E-state index in [1.165, 1.54) is 18.3 Å². The highest BCUT2D eigenvalue weighted by atomic mass is 16.5. The second kappa shape index (κ2) is 14.0. The van der Waals surface area contributed by atoms with E-state index in [-0.39, 0.29) is 35.0 Å². The van der Waals surface area contributed by atoms with Gasteiger partial charge in [0.2, 0.25) is 5.88 Å². The summed E-state index contributed by atoms with van der Waals surface area (Å²) < 4.78 is 12.2. The normalized spacial score (nSPS) is 15.8. The fourth-order valence-electron chi connectivity index (χ4n) is 5.51. The molecule has 1 aromatic heterocycles. The van der Waals surface area contributed by atoms with Crippen LogP contribution in [0, 0.1) is 6.92 Å². The van der Waals surface area contributed by atoms with Gasteiger partial charge in [0.15, 0.2) is 0 Å². The molecule has 0 atom stereocenters. The fourth-order valence-corrected chi connectivity index (χ4v) is 5.51. The number of carboxylic acid groups (broad SMARTS) is 1. The molecule has 47 heavy (non-hydrogen) atoms. The summed E-state index contributed by atoms with van der Waals surface area (Å²) in [6.45, 7) is 2.01. The van der Waals surface area contributed by atoms with Crippen LogP contribution in [0.2, 0.25) is 0 Å². The minimum Gasteiger partial charge on any atom is -0.490 e. The summed E-state index contributed by atoms with van der Waals surface area (Å²) in [6.07, 6.45) is 4.85. The van der Waals surface area contributed by atoms with Gasteiger partial charge in [-0.2, -0.15) is 0 Å². The zero-order chi connectivity index (χ0) is 32.8. The van der Waals surface area contributed by atoms with Crippen molar-refractivity contribution in [3.05, 3.63) is 120 Å². The van der Waals surface area contributed by atoms with Gasteiger partial charge in [0, 0.05) is 24.0 Å². The molecule has 1 fully saturated rings. The highest BCUT2D eigenvalue weighted by molar-refractivity contribution is 6.07. The molecule has 0 radical (unpaired) electrons. The molecule has 0 saturated heterocycles. The molecule has 6 rings (SSSR count). The van der Waals surface area contributed by atoms with Gasteiger partial charge in [0.1, 0.15) is 11.5 Å². The lowest BCUT2D eigenvalue weighted by Gasteiger charge is -2.29. The quantitative estimate of drug-likeness (QED) is 0.130. The van der Waals surface area contributed by atoms with Crippen molar-refractivity contribution < 1.29 is 29.0 Å². The maximum Gasteiger partial charge on any atom is 0.337 e. The van der Waals surface area contributed by atoms with Crippen LogP contribution < -0.4 is 25.4 Å². The summed E-state index contributed by atoms with van der Waals surface area (Å²) in [6, 6.07) is 28.6. The first-order chi connectivity index (χ1) is 22.8. The first kappa shape index (κ1) is 31.1. The lowest BCUT2D eigenvalue weighted by molar-refractivity contribution is 0.0698. The Kier molecular flexibility index (Phi) is 9.28. The minimum absolute atomic E-state index is 0.000814. The number of carbonyl (C=O) groups excluding carboxylic acids is 2. The number of benzene rings is 4. The molecule has 1 aliphatic carbocycles. The Morgan fingerprint density at radius 2 is 1.49 bits per heavy atom. The Bertz CT molecular complexity index is 1900. The Balaban J connectivity index is 0.994. The fraction of sp³-hybridized carbons (Fsp3) is 0.189. The van der Waals surface area contributed by atoms with E-state index in [2.05, 4.69) is 20.9 Å². The van der Waals surface area contributed by atoms with Gasteiger partial charge in [-0.25, -0.2) is 14.6 Å². The number of pyridine rings is 1. The number of para-hydroxylation sites is 1. The lowest BCUT2D eigenvalue weighted by atomic mass is 9.93. The predicted molar refractivity (Wildman–Crippen MR) is 180 cm³/mol. The lowest BCUT2D eigenvalue weighted by Crippen LogP contribution is -2.41. The second-order valence-corrected chi connectivity index (χ2v) is 11.5. The van der Waals surface area contributed by atoms with E-state index in [1.807, 2.05) is 67.6 Å². The number of hydrogen-bond acceptors (Lipinski definition) is 6. The maximum atomic E-state index is 12.7. The number of nitrogens with one attached hydrogen (secondary N) is 3. The van der Waals surface area contributed by atoms with Gasteiger partial charge in [-0.1, -0.05) is 42.0 Å². The van der Waals surface area contributed by atoms with Crippen molar-refractivity contribution in [2.24, 2.45) is 0 Å². The molecule has 0 bridgehead atoms. The van der Waals surface area contributed by atoms with E-state index in [0.717, 1.165) is 53.5 Å². The van der Waals surface area contributed by atoms with Gasteiger partial charge in [-0.05, 0) is 98.0 Å². The van der Waals surface area contributed by atoms with Crippen molar-refractivity contribution in [1.82, 2.24) is 10.3 Å². The summed E-state index contributed by atoms with van der Waals surface area (Å²) >= 11 is 0. The highest BCUT2D eigenvalue weighted by Gasteiger charge is 2.24. The van der Waals surface area contributed by atoms with Gasteiger partial charge < -0.3 is 30.5 Å². The number of carboxylic acids is 1. The zero-order valence-electron chi connectivity index (χ0n) is 25.7. The molecule has 4 aromatic carbocycles. The minimum atomic E-state index is -1.13. The predicted octanol–water partition coefficient (Wildman–Crippen LogP) is 7.80. The number of aryl methyl sites for hydroxylation is 1. The van der Waals surface area contributed by atoms with Gasteiger partial charge in [0.25, 0.3) is 5.91 Å². The molecule has 10 nitrogen and oxygen atoms in total. The number of rotatable bonds is 9. The summed E-state index contributed by atoms with van der Waals surface area (Å²) in [5, 5.41) is 19.9. The molecule has 4 N–H and O–H groups in total. The van der Waals surface area contributed by atoms with Crippen molar-refractivity contribution in [2.45, 2.75) is 44.8 Å². The third-order valence-electron chi connectivity index (χ3n) is 8.03. The van der Waals surface area contributed by atoms with Crippen LogP contribution in [0.25, 0.3) is 10.8 Å². The van der Waals surface area contributed by atoms with Gasteiger partial charge in [-0.3, -0.25) is 4.79 Å². The zero-order valence-corrected chi connectivity index (χ0v) is 25.7. The molecule has 1 aliphatic rings. The number of aromatic carboxylic acids is 1. The number of carbonyl (C=O) groups is 3. The van der Waals surface area contributed by atoms with Gasteiger partial charge in [0.05, 0.1) is 22.9 Å². The molecule has 5 aromatic rings. The second-order valence-electron chi connectivity index (χ2n) is 11.5. The summed E-state index contributed by atoms with van der Waals surface area (Å²) in [5.41, 5.74) is 2.38. The van der Waals surface area contributed by atoms with E-state index >= 15 is 0 Å². The van der Waals surface area contributed by atoms with E-state index in [1.54, 1.807) is 24.3 Å². The summed E-state index contributed by atoms with van der Waals surface area (Å²) in [7, 11) is 0. The standard InChI is InChI=1S/C37H34N4O6/c1-23-6-11-27(12-7-23)39-37(45)40-28-13-17-29(18-14-28)46-30-15-8-25-21-31(16-9-24(25)20-30)47-34-19-10-26(22-38-34)35(42)41-33-5-3-2-4-32(33)36(43)44/h2-12,15-16,19-22,28-29H,13-14,17-18H2,1H3,(H,41,42)(H,43,44)(H2,39,40,45). The molecule has 1 heterocycles. The first-order valence-electron chi connectivity index (χ1n) is 15.4. The van der Waals surface area contributed by atoms with Crippen molar-refractivity contribution in [3.8, 4) is 17.4 Å². The monoisotopic (exact) mass is 630 g/mol. The molecular formula is C37H34N4O6. The topological polar surface area (TPSA) is 139 Å². The van der Waals surface area contributed by atoms with Crippen LogP contribution in [0.3, 0.4) is 0 Å². The molecule has 0 spiro atoms. The number of hydrogen-bond donors (Lipinski definition) is 4. The smallest absolute Gasteiger partial charge is 0.337 e. The van der Waals surface area contributed by atoms with Crippen molar-refractivity contribution in [3.63, 3.8) is 0 Å². The first-order valence-corrected chi connectivity index (χ1v) is 15.4. The van der Waals surface area contributed by atoms with Crippen LogP contribution in [0.5, 0.6) is 17.4 Å². The number of fused-ring (bicyclic) bond motifs is 1. The van der Waals surface area contributed by atoms with Crippen LogP contribution in [-0.4, -0.2) is 40.1 Å². The van der Waals surface area contributed by atoms with Crippen LogP contribution in [0.1, 0.15) is 52.0 Å². The third kappa shape index (κ3) is 8.04. The van der Waals surface area contributed by atoms with Gasteiger partial charge >= 0.3 is 12.0 Å². The molecule has 10 heteroatoms.